The van der Waals surface area contributed by atoms with Crippen LogP contribution in [-0.4, -0.2) is 0 Å². The van der Waals surface area contributed by atoms with Crippen molar-refractivity contribution in [1.82, 2.24) is 0 Å². The second kappa shape index (κ2) is 12.5. The van der Waals surface area contributed by atoms with Crippen molar-refractivity contribution < 1.29 is 4.42 Å². The van der Waals surface area contributed by atoms with Crippen LogP contribution in [0.1, 0.15) is 0 Å². The van der Waals surface area contributed by atoms with Crippen molar-refractivity contribution in [3.05, 3.63) is 200 Å². The number of furan rings is 1. The zero-order valence-corrected chi connectivity index (χ0v) is 28.4. The largest absolute Gasteiger partial charge is 0.455 e. The van der Waals surface area contributed by atoms with Gasteiger partial charge in [0.25, 0.3) is 0 Å². The van der Waals surface area contributed by atoms with Gasteiger partial charge in [-0.05, 0) is 91.8 Å². The van der Waals surface area contributed by atoms with Gasteiger partial charge in [0, 0.05) is 22.3 Å². The normalized spacial score (nSPS) is 11.5. The molecule has 0 saturated heterocycles. The fourth-order valence-electron chi connectivity index (χ4n) is 7.70. The molecule has 0 fully saturated rings. The van der Waals surface area contributed by atoms with Crippen molar-refractivity contribution >= 4 is 60.5 Å². The van der Waals surface area contributed by atoms with Crippen LogP contribution in [0, 0.1) is 0 Å². The predicted octanol–water partition coefficient (Wildman–Crippen LogP) is 14.4. The van der Waals surface area contributed by atoms with Gasteiger partial charge in [-0.1, -0.05) is 158 Å². The molecule has 1 heterocycles. The Bertz CT molecular complexity index is 2870. The molecule has 0 atom stereocenters. The van der Waals surface area contributed by atoms with E-state index in [1.807, 2.05) is 6.07 Å². The van der Waals surface area contributed by atoms with E-state index in [9.17, 15) is 0 Å². The zero-order valence-electron chi connectivity index (χ0n) is 28.4. The van der Waals surface area contributed by atoms with Crippen molar-refractivity contribution in [3.63, 3.8) is 0 Å². The molecule has 0 saturated carbocycles. The standard InChI is InChI=1S/C50H33NO/c1-3-11-34(12-4-1)36-19-21-39(22-20-36)45-31-32-47(49-46-17-9-10-18-48(46)52-50(45)49)51(41-27-25-37(26-28-41)35-13-5-2-6-14-35)42-29-30-44-40(33-42)24-23-38-15-7-8-16-43(38)44/h1-33H. The van der Waals surface area contributed by atoms with Gasteiger partial charge in [0.05, 0.1) is 11.1 Å². The Morgan fingerprint density at radius 2 is 0.885 bits per heavy atom. The molecular formula is C50H33NO. The smallest absolute Gasteiger partial charge is 0.145 e. The molecule has 0 aliphatic rings. The molecule has 0 amide bonds. The Hall–Kier alpha value is -6.90. The van der Waals surface area contributed by atoms with Gasteiger partial charge in [-0.15, -0.1) is 0 Å². The minimum Gasteiger partial charge on any atom is -0.455 e. The Morgan fingerprint density at radius 3 is 1.62 bits per heavy atom. The molecule has 0 aliphatic heterocycles. The summed E-state index contributed by atoms with van der Waals surface area (Å²) in [5.74, 6) is 0. The molecule has 0 N–H and O–H groups in total. The van der Waals surface area contributed by atoms with E-state index in [1.54, 1.807) is 0 Å². The maximum Gasteiger partial charge on any atom is 0.145 e. The topological polar surface area (TPSA) is 16.4 Å². The quantitative estimate of drug-likeness (QED) is 0.165. The highest BCUT2D eigenvalue weighted by atomic mass is 16.3. The van der Waals surface area contributed by atoms with Crippen LogP contribution in [0.15, 0.2) is 205 Å². The van der Waals surface area contributed by atoms with Gasteiger partial charge in [0.2, 0.25) is 0 Å². The summed E-state index contributed by atoms with van der Waals surface area (Å²) in [4.78, 5) is 2.38. The van der Waals surface area contributed by atoms with Gasteiger partial charge >= 0.3 is 0 Å². The van der Waals surface area contributed by atoms with E-state index in [0.29, 0.717) is 0 Å². The summed E-state index contributed by atoms with van der Waals surface area (Å²) in [6, 6.07) is 71.6. The highest BCUT2D eigenvalue weighted by molar-refractivity contribution is 6.17. The Morgan fingerprint density at radius 1 is 0.346 bits per heavy atom. The summed E-state index contributed by atoms with van der Waals surface area (Å²) in [6.07, 6.45) is 0. The first-order valence-electron chi connectivity index (χ1n) is 17.8. The highest BCUT2D eigenvalue weighted by Gasteiger charge is 2.22. The van der Waals surface area contributed by atoms with Crippen LogP contribution in [0.5, 0.6) is 0 Å². The third-order valence-electron chi connectivity index (χ3n) is 10.3. The maximum atomic E-state index is 6.78. The molecule has 9 aromatic carbocycles. The third-order valence-corrected chi connectivity index (χ3v) is 10.3. The van der Waals surface area contributed by atoms with E-state index in [-0.39, 0.29) is 0 Å². The maximum absolute atomic E-state index is 6.78. The summed E-state index contributed by atoms with van der Waals surface area (Å²) < 4.78 is 6.78. The fraction of sp³-hybridized carbons (Fsp3) is 0. The molecule has 0 bridgehead atoms. The van der Waals surface area contributed by atoms with Crippen LogP contribution in [0.4, 0.5) is 17.1 Å². The molecule has 0 radical (unpaired) electrons. The highest BCUT2D eigenvalue weighted by Crippen LogP contribution is 2.47. The molecule has 52 heavy (non-hydrogen) atoms. The van der Waals surface area contributed by atoms with Gasteiger partial charge in [-0.3, -0.25) is 0 Å². The summed E-state index contributed by atoms with van der Waals surface area (Å²) in [7, 11) is 0. The van der Waals surface area contributed by atoms with E-state index in [1.165, 1.54) is 43.8 Å². The minimum absolute atomic E-state index is 0.872. The molecule has 0 aliphatic carbocycles. The van der Waals surface area contributed by atoms with Crippen molar-refractivity contribution in [1.29, 1.82) is 0 Å². The number of para-hydroxylation sites is 1. The molecule has 244 valence electrons. The second-order valence-corrected chi connectivity index (χ2v) is 13.3. The van der Waals surface area contributed by atoms with Gasteiger partial charge in [0.15, 0.2) is 0 Å². The van der Waals surface area contributed by atoms with Crippen LogP contribution in [0.25, 0.3) is 76.9 Å². The average Bonchev–Trinajstić information content (AvgIpc) is 3.62. The molecule has 2 nitrogen and oxygen atoms in total. The van der Waals surface area contributed by atoms with E-state index in [2.05, 4.69) is 199 Å². The number of rotatable bonds is 6. The van der Waals surface area contributed by atoms with Crippen LogP contribution < -0.4 is 4.90 Å². The minimum atomic E-state index is 0.872. The first-order valence-corrected chi connectivity index (χ1v) is 17.8. The number of nitrogens with zero attached hydrogens (tertiary/aromatic N) is 1. The lowest BCUT2D eigenvalue weighted by atomic mass is 9.97. The van der Waals surface area contributed by atoms with Gasteiger partial charge < -0.3 is 9.32 Å². The van der Waals surface area contributed by atoms with E-state index < -0.39 is 0 Å². The van der Waals surface area contributed by atoms with Crippen molar-refractivity contribution in [2.45, 2.75) is 0 Å². The van der Waals surface area contributed by atoms with Crippen molar-refractivity contribution in [2.24, 2.45) is 0 Å². The van der Waals surface area contributed by atoms with Crippen LogP contribution >= 0.6 is 0 Å². The average molecular weight is 664 g/mol. The molecule has 0 spiro atoms. The van der Waals surface area contributed by atoms with E-state index in [4.69, 9.17) is 4.42 Å². The van der Waals surface area contributed by atoms with Crippen LogP contribution in [-0.2, 0) is 0 Å². The summed E-state index contributed by atoms with van der Waals surface area (Å²) >= 11 is 0. The molecule has 2 heteroatoms. The Kier molecular flexibility index (Phi) is 7.18. The summed E-state index contributed by atoms with van der Waals surface area (Å²) in [6.45, 7) is 0. The SMILES string of the molecule is c1ccc(-c2ccc(-c3ccc(N(c4ccc(-c5ccccc5)cc4)c4ccc5c(ccc6ccccc65)c4)c4c3oc3ccccc34)cc2)cc1. The second-order valence-electron chi connectivity index (χ2n) is 13.3. The van der Waals surface area contributed by atoms with Crippen LogP contribution in [0.3, 0.4) is 0 Å². The third kappa shape index (κ3) is 5.12. The van der Waals surface area contributed by atoms with Crippen molar-refractivity contribution in [3.8, 4) is 33.4 Å². The van der Waals surface area contributed by atoms with Crippen molar-refractivity contribution in [2.75, 3.05) is 4.90 Å². The van der Waals surface area contributed by atoms with Crippen LogP contribution in [0.2, 0.25) is 0 Å². The van der Waals surface area contributed by atoms with Gasteiger partial charge in [0.1, 0.15) is 11.2 Å². The lowest BCUT2D eigenvalue weighted by Gasteiger charge is -2.27. The molecule has 1 aromatic heterocycles. The van der Waals surface area contributed by atoms with Gasteiger partial charge in [-0.2, -0.15) is 0 Å². The molecule has 0 unspecified atom stereocenters. The van der Waals surface area contributed by atoms with Gasteiger partial charge in [-0.25, -0.2) is 0 Å². The predicted molar refractivity (Wildman–Crippen MR) is 220 cm³/mol. The first kappa shape index (κ1) is 30.0. The lowest BCUT2D eigenvalue weighted by Crippen LogP contribution is -2.10. The van der Waals surface area contributed by atoms with E-state index >= 15 is 0 Å². The first-order chi connectivity index (χ1) is 25.8. The van der Waals surface area contributed by atoms with E-state index in [0.717, 1.165) is 50.1 Å². The number of benzene rings is 9. The number of anilines is 3. The number of hydrogen-bond donors (Lipinski definition) is 0. The Labute approximate surface area is 302 Å². The molecule has 10 aromatic rings. The number of fused-ring (bicyclic) bond motifs is 6. The molecule has 10 rings (SSSR count). The fourth-order valence-corrected chi connectivity index (χ4v) is 7.70. The lowest BCUT2D eigenvalue weighted by molar-refractivity contribution is 0.670. The Balaban J connectivity index is 1.18. The zero-order chi connectivity index (χ0) is 34.4. The number of hydrogen-bond acceptors (Lipinski definition) is 2. The summed E-state index contributed by atoms with van der Waals surface area (Å²) in [5.41, 5.74) is 11.9. The molecular weight excluding hydrogens is 631 g/mol. The monoisotopic (exact) mass is 663 g/mol. The summed E-state index contributed by atoms with van der Waals surface area (Å²) in [5, 5.41) is 7.13.